The molecule has 0 aromatic carbocycles. The maximum atomic E-state index is 5.56. The lowest BCUT2D eigenvalue weighted by Crippen LogP contribution is -2.05. The molecule has 0 bridgehead atoms. The molecule has 0 aliphatic rings. The topological polar surface area (TPSA) is 63.8 Å². The summed E-state index contributed by atoms with van der Waals surface area (Å²) in [5, 5.41) is 3.04. The summed E-state index contributed by atoms with van der Waals surface area (Å²) in [6, 6.07) is 1.78. The summed E-state index contributed by atoms with van der Waals surface area (Å²) in [5.41, 5.74) is 7.23. The van der Waals surface area contributed by atoms with E-state index in [0.29, 0.717) is 0 Å². The Morgan fingerprint density at radius 2 is 2.25 bits per heavy atom. The van der Waals surface area contributed by atoms with Crippen molar-refractivity contribution in [3.8, 4) is 0 Å². The van der Waals surface area contributed by atoms with Gasteiger partial charge in [0, 0.05) is 17.6 Å². The number of nitrogens with zero attached hydrogens (tertiary/aromatic N) is 2. The van der Waals surface area contributed by atoms with Crippen LogP contribution in [0.2, 0.25) is 0 Å². The fraction of sp³-hybridized carbons (Fsp3) is 0.250. The molecule has 0 amide bonds. The Labute approximate surface area is 71.5 Å². The summed E-state index contributed by atoms with van der Waals surface area (Å²) < 4.78 is 0. The maximum absolute atomic E-state index is 5.56. The van der Waals surface area contributed by atoms with Crippen molar-refractivity contribution >= 4 is 5.82 Å². The Kier molecular flexibility index (Phi) is 2.63. The van der Waals surface area contributed by atoms with E-state index in [0.717, 1.165) is 17.2 Å². The zero-order valence-electron chi connectivity index (χ0n) is 7.20. The van der Waals surface area contributed by atoms with Gasteiger partial charge in [0.1, 0.15) is 12.1 Å². The van der Waals surface area contributed by atoms with Crippen LogP contribution in [0.25, 0.3) is 0 Å². The van der Waals surface area contributed by atoms with Gasteiger partial charge in [0.2, 0.25) is 0 Å². The van der Waals surface area contributed by atoms with Gasteiger partial charge in [-0.3, -0.25) is 0 Å². The largest absolute Gasteiger partial charge is 0.401 e. The summed E-state index contributed by atoms with van der Waals surface area (Å²) in [7, 11) is 0. The first-order chi connectivity index (χ1) is 5.70. The third kappa shape index (κ3) is 2.23. The van der Waals surface area contributed by atoms with E-state index in [2.05, 4.69) is 15.3 Å². The second-order valence-corrected chi connectivity index (χ2v) is 2.53. The Balaban J connectivity index is 2.72. The third-order valence-corrected chi connectivity index (χ3v) is 1.49. The second kappa shape index (κ2) is 3.71. The standard InChI is InChI=1S/C8H12N4/c1-6(9)7(2)12-8-3-4-10-5-11-8/h3-5H,9H2,1-2H3,(H,10,11,12)/b7-6-. The Morgan fingerprint density at radius 1 is 1.50 bits per heavy atom. The first-order valence-electron chi connectivity index (χ1n) is 3.66. The number of rotatable bonds is 2. The predicted octanol–water partition coefficient (Wildman–Crippen LogP) is 1.10. The smallest absolute Gasteiger partial charge is 0.133 e. The van der Waals surface area contributed by atoms with Gasteiger partial charge in [-0.25, -0.2) is 9.97 Å². The summed E-state index contributed by atoms with van der Waals surface area (Å²) in [6.07, 6.45) is 3.16. The van der Waals surface area contributed by atoms with E-state index in [9.17, 15) is 0 Å². The molecular formula is C8H12N4. The first kappa shape index (κ1) is 8.52. The van der Waals surface area contributed by atoms with Crippen molar-refractivity contribution in [2.75, 3.05) is 5.32 Å². The lowest BCUT2D eigenvalue weighted by molar-refractivity contribution is 1.13. The van der Waals surface area contributed by atoms with Crippen LogP contribution in [0.5, 0.6) is 0 Å². The van der Waals surface area contributed by atoms with Crippen molar-refractivity contribution in [3.05, 3.63) is 30.0 Å². The molecule has 0 radical (unpaired) electrons. The van der Waals surface area contributed by atoms with E-state index >= 15 is 0 Å². The van der Waals surface area contributed by atoms with Crippen molar-refractivity contribution in [2.45, 2.75) is 13.8 Å². The molecule has 1 heterocycles. The predicted molar refractivity (Wildman–Crippen MR) is 48.2 cm³/mol. The molecule has 1 aromatic rings. The van der Waals surface area contributed by atoms with E-state index in [1.165, 1.54) is 6.33 Å². The highest BCUT2D eigenvalue weighted by molar-refractivity contribution is 5.39. The SMILES string of the molecule is C/C(N)=C(\C)Nc1ccncn1. The minimum absolute atomic E-state index is 0.757. The molecule has 64 valence electrons. The lowest BCUT2D eigenvalue weighted by atomic mass is 10.4. The molecule has 0 aliphatic heterocycles. The van der Waals surface area contributed by atoms with Crippen LogP contribution in [0.3, 0.4) is 0 Å². The van der Waals surface area contributed by atoms with Crippen LogP contribution in [0, 0.1) is 0 Å². The van der Waals surface area contributed by atoms with Crippen molar-refractivity contribution in [1.29, 1.82) is 0 Å². The number of nitrogens with one attached hydrogen (secondary N) is 1. The summed E-state index contributed by atoms with van der Waals surface area (Å²) >= 11 is 0. The van der Waals surface area contributed by atoms with Crippen LogP contribution in [0.4, 0.5) is 5.82 Å². The summed E-state index contributed by atoms with van der Waals surface area (Å²) in [5.74, 6) is 0.757. The lowest BCUT2D eigenvalue weighted by Gasteiger charge is -2.05. The number of hydrogen-bond donors (Lipinski definition) is 2. The zero-order valence-corrected chi connectivity index (χ0v) is 7.20. The van der Waals surface area contributed by atoms with Crippen LogP contribution in [-0.2, 0) is 0 Å². The molecule has 0 spiro atoms. The Bertz CT molecular complexity index is 274. The van der Waals surface area contributed by atoms with Crippen molar-refractivity contribution in [1.82, 2.24) is 9.97 Å². The normalized spacial score (nSPS) is 12.2. The van der Waals surface area contributed by atoms with Crippen LogP contribution < -0.4 is 11.1 Å². The third-order valence-electron chi connectivity index (χ3n) is 1.49. The first-order valence-corrected chi connectivity index (χ1v) is 3.66. The molecule has 0 atom stereocenters. The molecule has 1 aromatic heterocycles. The number of nitrogens with two attached hydrogens (primary N) is 1. The van der Waals surface area contributed by atoms with Gasteiger partial charge in [0.25, 0.3) is 0 Å². The number of anilines is 1. The Hall–Kier alpha value is -1.58. The molecule has 4 heteroatoms. The number of hydrogen-bond acceptors (Lipinski definition) is 4. The van der Waals surface area contributed by atoms with Gasteiger partial charge in [-0.05, 0) is 19.9 Å². The molecule has 0 saturated carbocycles. The minimum atomic E-state index is 0.757. The Morgan fingerprint density at radius 3 is 2.75 bits per heavy atom. The average Bonchev–Trinajstić information content (AvgIpc) is 2.06. The molecule has 0 aliphatic carbocycles. The van der Waals surface area contributed by atoms with Crippen molar-refractivity contribution in [3.63, 3.8) is 0 Å². The minimum Gasteiger partial charge on any atom is -0.401 e. The molecule has 4 nitrogen and oxygen atoms in total. The van der Waals surface area contributed by atoms with Gasteiger partial charge in [-0.2, -0.15) is 0 Å². The molecule has 3 N–H and O–H groups in total. The fourth-order valence-corrected chi connectivity index (χ4v) is 0.655. The molecule has 1 rings (SSSR count). The summed E-state index contributed by atoms with van der Waals surface area (Å²) in [6.45, 7) is 3.74. The van der Waals surface area contributed by atoms with E-state index < -0.39 is 0 Å². The maximum Gasteiger partial charge on any atom is 0.133 e. The molecule has 0 unspecified atom stereocenters. The highest BCUT2D eigenvalue weighted by Gasteiger charge is 1.93. The van der Waals surface area contributed by atoms with Gasteiger partial charge in [-0.15, -0.1) is 0 Å². The van der Waals surface area contributed by atoms with E-state index in [4.69, 9.17) is 5.73 Å². The summed E-state index contributed by atoms with van der Waals surface area (Å²) in [4.78, 5) is 7.79. The monoisotopic (exact) mass is 164 g/mol. The van der Waals surface area contributed by atoms with Crippen molar-refractivity contribution in [2.24, 2.45) is 5.73 Å². The highest BCUT2D eigenvalue weighted by Crippen LogP contribution is 2.04. The highest BCUT2D eigenvalue weighted by atomic mass is 15.0. The molecule has 0 saturated heterocycles. The molecular weight excluding hydrogens is 152 g/mol. The van der Waals surface area contributed by atoms with Crippen LogP contribution in [-0.4, -0.2) is 9.97 Å². The molecule has 0 fully saturated rings. The molecule has 12 heavy (non-hydrogen) atoms. The van der Waals surface area contributed by atoms with Crippen LogP contribution in [0.1, 0.15) is 13.8 Å². The van der Waals surface area contributed by atoms with Crippen molar-refractivity contribution < 1.29 is 0 Å². The van der Waals surface area contributed by atoms with E-state index in [-0.39, 0.29) is 0 Å². The average molecular weight is 164 g/mol. The van der Waals surface area contributed by atoms with E-state index in [1.54, 1.807) is 12.3 Å². The number of allylic oxidation sites excluding steroid dienone is 2. The quantitative estimate of drug-likeness (QED) is 0.687. The van der Waals surface area contributed by atoms with Gasteiger partial charge in [0.05, 0.1) is 0 Å². The second-order valence-electron chi connectivity index (χ2n) is 2.53. The van der Waals surface area contributed by atoms with Gasteiger partial charge >= 0.3 is 0 Å². The van der Waals surface area contributed by atoms with Crippen LogP contribution >= 0.6 is 0 Å². The van der Waals surface area contributed by atoms with Crippen LogP contribution in [0.15, 0.2) is 30.0 Å². The number of aromatic nitrogens is 2. The van der Waals surface area contributed by atoms with E-state index in [1.807, 2.05) is 13.8 Å². The fourth-order valence-electron chi connectivity index (χ4n) is 0.655. The van der Waals surface area contributed by atoms with Gasteiger partial charge in [0.15, 0.2) is 0 Å². The van der Waals surface area contributed by atoms with Gasteiger partial charge < -0.3 is 11.1 Å². The van der Waals surface area contributed by atoms with Gasteiger partial charge in [-0.1, -0.05) is 0 Å². The zero-order chi connectivity index (χ0) is 8.97.